The van der Waals surface area contributed by atoms with Crippen LogP contribution in [0, 0.1) is 4.77 Å². The van der Waals surface area contributed by atoms with E-state index in [4.69, 9.17) is 28.6 Å². The number of carbonyl (C=O) groups excluding carboxylic acids is 1. The third-order valence-electron chi connectivity index (χ3n) is 3.05. The molecule has 5 nitrogen and oxygen atoms in total. The number of nitrogens with zero attached hydrogens (tertiary/aromatic N) is 1. The number of aromatic amines is 1. The molecule has 0 radical (unpaired) electrons. The van der Waals surface area contributed by atoms with Crippen molar-refractivity contribution >= 4 is 40.8 Å². The molecule has 0 saturated carbocycles. The summed E-state index contributed by atoms with van der Waals surface area (Å²) in [5.41, 5.74) is 1.67. The van der Waals surface area contributed by atoms with E-state index in [-0.39, 0.29) is 5.91 Å². The largest absolute Gasteiger partial charge is 0.383 e. The molecule has 2 rings (SSSR count). The lowest BCUT2D eigenvalue weighted by atomic mass is 10.2. The number of carbonyl (C=O) groups is 1. The highest BCUT2D eigenvalue weighted by molar-refractivity contribution is 7.71. The lowest BCUT2D eigenvalue weighted by Gasteiger charge is -2.14. The molecule has 2 aromatic rings. The van der Waals surface area contributed by atoms with Crippen LogP contribution in [0.1, 0.15) is 13.0 Å². The van der Waals surface area contributed by atoms with Crippen LogP contribution < -0.4 is 5.32 Å². The van der Waals surface area contributed by atoms with Crippen LogP contribution in [0.4, 0.5) is 0 Å². The van der Waals surface area contributed by atoms with Gasteiger partial charge in [-0.3, -0.25) is 4.79 Å². The monoisotopic (exact) mass is 313 g/mol. The summed E-state index contributed by atoms with van der Waals surface area (Å²) in [6.07, 6.45) is 0. The van der Waals surface area contributed by atoms with E-state index in [9.17, 15) is 4.79 Å². The molecule has 0 aliphatic heterocycles. The van der Waals surface area contributed by atoms with Crippen molar-refractivity contribution in [1.82, 2.24) is 14.9 Å². The first-order valence-electron chi connectivity index (χ1n) is 6.21. The summed E-state index contributed by atoms with van der Waals surface area (Å²) in [5, 5.41) is 3.43. The predicted molar refractivity (Wildman–Crippen MR) is 81.7 cm³/mol. The van der Waals surface area contributed by atoms with Gasteiger partial charge in [0.2, 0.25) is 5.91 Å². The number of amides is 1. The number of nitrogens with one attached hydrogen (secondary N) is 2. The lowest BCUT2D eigenvalue weighted by molar-refractivity contribution is -0.124. The van der Waals surface area contributed by atoms with Gasteiger partial charge in [-0.1, -0.05) is 11.6 Å². The Bertz CT molecular complexity index is 680. The average Bonchev–Trinajstić information content (AvgIpc) is 2.73. The first kappa shape index (κ1) is 15.0. The van der Waals surface area contributed by atoms with Crippen LogP contribution >= 0.6 is 23.8 Å². The Hall–Kier alpha value is -1.37. The van der Waals surface area contributed by atoms with E-state index in [1.165, 1.54) is 0 Å². The maximum absolute atomic E-state index is 12.1. The molecule has 1 unspecified atom stereocenters. The molecule has 108 valence electrons. The molecule has 1 heterocycles. The molecule has 0 spiro atoms. The molecule has 1 aromatic heterocycles. The number of methoxy groups -OCH3 is 1. The zero-order valence-electron chi connectivity index (χ0n) is 11.3. The fraction of sp³-hybridized carbons (Fsp3) is 0.385. The van der Waals surface area contributed by atoms with Gasteiger partial charge in [-0.15, -0.1) is 0 Å². The van der Waals surface area contributed by atoms with E-state index < -0.39 is 6.04 Å². The molecule has 0 bridgehead atoms. The highest BCUT2D eigenvalue weighted by Crippen LogP contribution is 2.22. The van der Waals surface area contributed by atoms with Crippen LogP contribution in [-0.4, -0.2) is 35.7 Å². The zero-order chi connectivity index (χ0) is 14.7. The van der Waals surface area contributed by atoms with Crippen molar-refractivity contribution in [3.8, 4) is 0 Å². The summed E-state index contributed by atoms with van der Waals surface area (Å²) in [5.74, 6) is -0.103. The maximum atomic E-state index is 12.1. The number of imidazole rings is 1. The third-order valence-corrected chi connectivity index (χ3v) is 3.58. The number of benzene rings is 1. The molecule has 20 heavy (non-hydrogen) atoms. The highest BCUT2D eigenvalue weighted by Gasteiger charge is 2.18. The number of ether oxygens (including phenoxy) is 1. The van der Waals surface area contributed by atoms with Crippen LogP contribution in [-0.2, 0) is 9.53 Å². The Morgan fingerprint density at radius 1 is 1.60 bits per heavy atom. The van der Waals surface area contributed by atoms with E-state index >= 15 is 0 Å². The Morgan fingerprint density at radius 2 is 2.35 bits per heavy atom. The molecule has 0 aliphatic carbocycles. The molecule has 0 fully saturated rings. The van der Waals surface area contributed by atoms with Gasteiger partial charge in [-0.05, 0) is 37.3 Å². The van der Waals surface area contributed by atoms with Gasteiger partial charge >= 0.3 is 0 Å². The smallest absolute Gasteiger partial charge is 0.242 e. The summed E-state index contributed by atoms with van der Waals surface area (Å²) in [4.78, 5) is 15.2. The number of H-pyrrole nitrogens is 1. The summed E-state index contributed by atoms with van der Waals surface area (Å²) in [6, 6.07) is 5.01. The molecule has 1 aromatic carbocycles. The normalized spacial score (nSPS) is 12.6. The Kier molecular flexibility index (Phi) is 4.80. The SMILES string of the molecule is COCCNC(=O)C(C)n1c(=S)[nH]c2cc(Cl)ccc21. The second-order valence-electron chi connectivity index (χ2n) is 4.42. The number of rotatable bonds is 5. The molecule has 0 aliphatic rings. The van der Waals surface area contributed by atoms with Crippen molar-refractivity contribution in [3.63, 3.8) is 0 Å². The number of aromatic nitrogens is 2. The van der Waals surface area contributed by atoms with Crippen LogP contribution in [0.5, 0.6) is 0 Å². The van der Waals surface area contributed by atoms with Crippen molar-refractivity contribution in [1.29, 1.82) is 0 Å². The highest BCUT2D eigenvalue weighted by atomic mass is 35.5. The Morgan fingerprint density at radius 3 is 3.05 bits per heavy atom. The molecule has 1 amide bonds. The van der Waals surface area contributed by atoms with Crippen LogP contribution in [0.3, 0.4) is 0 Å². The standard InChI is InChI=1S/C13H16ClN3O2S/c1-8(12(18)15-5-6-19-2)17-11-4-3-9(14)7-10(11)16-13(17)20/h3-4,7-8H,5-6H2,1-2H3,(H,15,18)(H,16,20). The van der Waals surface area contributed by atoms with Gasteiger partial charge in [0.25, 0.3) is 0 Å². The van der Waals surface area contributed by atoms with Crippen molar-refractivity contribution < 1.29 is 9.53 Å². The van der Waals surface area contributed by atoms with Gasteiger partial charge < -0.3 is 19.6 Å². The maximum Gasteiger partial charge on any atom is 0.242 e. The summed E-state index contributed by atoms with van der Waals surface area (Å²) < 4.78 is 7.18. The number of hydrogen-bond acceptors (Lipinski definition) is 3. The third kappa shape index (κ3) is 3.03. The molecule has 0 saturated heterocycles. The van der Waals surface area contributed by atoms with E-state index in [0.29, 0.717) is 22.9 Å². The first-order chi connectivity index (χ1) is 9.54. The van der Waals surface area contributed by atoms with Crippen LogP contribution in [0.25, 0.3) is 11.0 Å². The zero-order valence-corrected chi connectivity index (χ0v) is 12.8. The van der Waals surface area contributed by atoms with Crippen molar-refractivity contribution in [2.45, 2.75) is 13.0 Å². The van der Waals surface area contributed by atoms with Gasteiger partial charge in [0.1, 0.15) is 6.04 Å². The van der Waals surface area contributed by atoms with Crippen LogP contribution in [0.15, 0.2) is 18.2 Å². The second-order valence-corrected chi connectivity index (χ2v) is 5.24. The summed E-state index contributed by atoms with van der Waals surface area (Å²) in [6.45, 7) is 2.76. The fourth-order valence-electron chi connectivity index (χ4n) is 2.03. The first-order valence-corrected chi connectivity index (χ1v) is 6.99. The number of halogens is 1. The van der Waals surface area contributed by atoms with Crippen LogP contribution in [0.2, 0.25) is 5.02 Å². The van der Waals surface area contributed by atoms with Crippen molar-refractivity contribution in [2.75, 3.05) is 20.3 Å². The summed E-state index contributed by atoms with van der Waals surface area (Å²) >= 11 is 11.2. The minimum atomic E-state index is -0.408. The van der Waals surface area contributed by atoms with Gasteiger partial charge in [0.15, 0.2) is 4.77 Å². The average molecular weight is 314 g/mol. The quantitative estimate of drug-likeness (QED) is 0.659. The molecule has 2 N–H and O–H groups in total. The minimum Gasteiger partial charge on any atom is -0.383 e. The van der Waals surface area contributed by atoms with Crippen molar-refractivity contribution in [3.05, 3.63) is 28.0 Å². The molecule has 7 heteroatoms. The van der Waals surface area contributed by atoms with Gasteiger partial charge in [-0.2, -0.15) is 0 Å². The minimum absolute atomic E-state index is 0.103. The fourth-order valence-corrected chi connectivity index (χ4v) is 2.57. The van der Waals surface area contributed by atoms with Gasteiger partial charge in [0.05, 0.1) is 17.6 Å². The summed E-state index contributed by atoms with van der Waals surface area (Å²) in [7, 11) is 1.59. The number of fused-ring (bicyclic) bond motifs is 1. The Labute approximate surface area is 126 Å². The Balaban J connectivity index is 2.30. The second kappa shape index (κ2) is 6.39. The number of hydrogen-bond donors (Lipinski definition) is 2. The molecule has 1 atom stereocenters. The van der Waals surface area contributed by atoms with E-state index in [1.807, 2.05) is 6.07 Å². The van der Waals surface area contributed by atoms with Gasteiger partial charge in [-0.25, -0.2) is 0 Å². The van der Waals surface area contributed by atoms with E-state index in [0.717, 1.165) is 11.0 Å². The lowest BCUT2D eigenvalue weighted by Crippen LogP contribution is -2.33. The van der Waals surface area contributed by atoms with Gasteiger partial charge in [0, 0.05) is 18.7 Å². The van der Waals surface area contributed by atoms with E-state index in [2.05, 4.69) is 10.3 Å². The van der Waals surface area contributed by atoms with E-state index in [1.54, 1.807) is 30.7 Å². The van der Waals surface area contributed by atoms with Crippen molar-refractivity contribution in [2.24, 2.45) is 0 Å². The molecular weight excluding hydrogens is 298 g/mol. The predicted octanol–water partition coefficient (Wildman–Crippen LogP) is 2.68. The molecular formula is C13H16ClN3O2S. The topological polar surface area (TPSA) is 59.0 Å².